The smallest absolute Gasteiger partial charge is 0.247 e. The topological polar surface area (TPSA) is 49.4 Å². The molecular weight excluding hydrogens is 343 g/mol. The van der Waals surface area contributed by atoms with Crippen molar-refractivity contribution < 1.29 is 14.0 Å². The molecule has 0 unspecified atom stereocenters. The van der Waals surface area contributed by atoms with Crippen molar-refractivity contribution in [2.75, 3.05) is 6.54 Å². The van der Waals surface area contributed by atoms with Crippen LogP contribution >= 0.6 is 0 Å². The van der Waals surface area contributed by atoms with E-state index in [1.165, 1.54) is 12.1 Å². The fraction of sp³-hybridized carbons (Fsp3) is 0.364. The lowest BCUT2D eigenvalue weighted by Crippen LogP contribution is -2.48. The fourth-order valence-corrected chi connectivity index (χ4v) is 3.78. The van der Waals surface area contributed by atoms with Crippen LogP contribution in [0.15, 0.2) is 48.5 Å². The maximum absolute atomic E-state index is 13.2. The molecule has 1 fully saturated rings. The van der Waals surface area contributed by atoms with Gasteiger partial charge in [-0.3, -0.25) is 9.59 Å². The molecule has 0 radical (unpaired) electrons. The Bertz CT molecular complexity index is 861. The van der Waals surface area contributed by atoms with E-state index >= 15 is 0 Å². The molecule has 0 aromatic heterocycles. The van der Waals surface area contributed by atoms with Crippen LogP contribution in [0.2, 0.25) is 0 Å². The number of carbonyl (C=O) groups excluding carboxylic acids is 2. The van der Waals surface area contributed by atoms with E-state index in [9.17, 15) is 14.0 Å². The quantitative estimate of drug-likeness (QED) is 0.900. The molecule has 1 N–H and O–H groups in total. The molecule has 1 aliphatic carbocycles. The summed E-state index contributed by atoms with van der Waals surface area (Å²) in [7, 11) is 0. The highest BCUT2D eigenvalue weighted by Gasteiger charge is 2.41. The zero-order chi connectivity index (χ0) is 19.0. The van der Waals surface area contributed by atoms with Gasteiger partial charge in [0.25, 0.3) is 0 Å². The second-order valence-corrected chi connectivity index (χ2v) is 7.44. The third kappa shape index (κ3) is 3.59. The molecule has 140 valence electrons. The minimum absolute atomic E-state index is 0.0695. The highest BCUT2D eigenvalue weighted by molar-refractivity contribution is 5.91. The summed E-state index contributed by atoms with van der Waals surface area (Å²) in [5.41, 5.74) is 2.85. The number of nitrogens with one attached hydrogen (secondary N) is 1. The van der Waals surface area contributed by atoms with Gasteiger partial charge in [-0.1, -0.05) is 36.4 Å². The Morgan fingerprint density at radius 2 is 1.81 bits per heavy atom. The van der Waals surface area contributed by atoms with E-state index in [1.54, 1.807) is 17.0 Å². The Hall–Kier alpha value is -2.69. The molecule has 27 heavy (non-hydrogen) atoms. The van der Waals surface area contributed by atoms with E-state index in [4.69, 9.17) is 0 Å². The molecule has 4 nitrogen and oxygen atoms in total. The minimum atomic E-state index is -0.606. The van der Waals surface area contributed by atoms with Gasteiger partial charge in [-0.15, -0.1) is 0 Å². The van der Waals surface area contributed by atoms with Crippen molar-refractivity contribution in [3.63, 3.8) is 0 Å². The van der Waals surface area contributed by atoms with Gasteiger partial charge >= 0.3 is 0 Å². The van der Waals surface area contributed by atoms with E-state index in [1.807, 2.05) is 31.2 Å². The first-order valence-electron chi connectivity index (χ1n) is 9.48. The van der Waals surface area contributed by atoms with Crippen molar-refractivity contribution in [3.8, 4) is 0 Å². The second-order valence-electron chi connectivity index (χ2n) is 7.44. The third-order valence-electron chi connectivity index (χ3n) is 5.47. The van der Waals surface area contributed by atoms with Gasteiger partial charge in [-0.2, -0.15) is 0 Å². The summed E-state index contributed by atoms with van der Waals surface area (Å²) in [5, 5.41) is 3.02. The van der Waals surface area contributed by atoms with Gasteiger partial charge in [0.05, 0.1) is 6.04 Å². The Morgan fingerprint density at radius 1 is 1.11 bits per heavy atom. The average Bonchev–Trinajstić information content (AvgIpc) is 3.52. The van der Waals surface area contributed by atoms with E-state index in [2.05, 4.69) is 5.32 Å². The van der Waals surface area contributed by atoms with Crippen LogP contribution in [0.4, 0.5) is 4.39 Å². The monoisotopic (exact) mass is 366 g/mol. The molecule has 0 saturated heterocycles. The van der Waals surface area contributed by atoms with Gasteiger partial charge in [0.1, 0.15) is 11.9 Å². The molecule has 2 aromatic rings. The molecule has 0 spiro atoms. The van der Waals surface area contributed by atoms with Crippen LogP contribution in [0, 0.1) is 11.7 Å². The number of hydrogen-bond acceptors (Lipinski definition) is 2. The van der Waals surface area contributed by atoms with Crippen molar-refractivity contribution in [1.29, 1.82) is 0 Å². The van der Waals surface area contributed by atoms with Crippen LogP contribution in [0.25, 0.3) is 0 Å². The molecule has 2 atom stereocenters. The van der Waals surface area contributed by atoms with Gasteiger partial charge in [-0.25, -0.2) is 4.39 Å². The molecule has 0 bridgehead atoms. The molecule has 2 aliphatic rings. The lowest BCUT2D eigenvalue weighted by Gasteiger charge is -2.37. The van der Waals surface area contributed by atoms with E-state index in [-0.39, 0.29) is 29.6 Å². The van der Waals surface area contributed by atoms with Crippen LogP contribution in [0.3, 0.4) is 0 Å². The van der Waals surface area contributed by atoms with Gasteiger partial charge in [-0.05, 0) is 55.0 Å². The molecule has 1 heterocycles. The normalized spacial score (nSPS) is 19.9. The Morgan fingerprint density at radius 3 is 2.52 bits per heavy atom. The summed E-state index contributed by atoms with van der Waals surface area (Å²) < 4.78 is 13.2. The Labute approximate surface area is 158 Å². The lowest BCUT2D eigenvalue weighted by atomic mass is 9.91. The summed E-state index contributed by atoms with van der Waals surface area (Å²) >= 11 is 0. The van der Waals surface area contributed by atoms with Crippen LogP contribution in [-0.4, -0.2) is 23.3 Å². The number of nitrogens with zero attached hydrogens (tertiary/aromatic N) is 1. The summed E-state index contributed by atoms with van der Waals surface area (Å²) in [5.74, 6) is -0.341. The predicted molar refractivity (Wildman–Crippen MR) is 100 cm³/mol. The zero-order valence-corrected chi connectivity index (χ0v) is 15.3. The van der Waals surface area contributed by atoms with Crippen molar-refractivity contribution in [2.45, 2.75) is 38.3 Å². The number of carbonyl (C=O) groups is 2. The standard InChI is InChI=1S/C22H23FN2O2/c1-14(15-8-10-18(23)11-9-15)24-21(26)20-19-5-3-2-4-16(19)12-13-25(20)22(27)17-6-7-17/h2-5,8-11,14,17,20H,6-7,12-13H2,1H3,(H,24,26)/t14-,20+/m1/s1. The van der Waals surface area contributed by atoms with Crippen LogP contribution in [0.1, 0.15) is 48.5 Å². The van der Waals surface area contributed by atoms with Gasteiger partial charge in [0.15, 0.2) is 0 Å². The second kappa shape index (κ2) is 7.14. The number of fused-ring (bicyclic) bond motifs is 1. The van der Waals surface area contributed by atoms with Crippen molar-refractivity contribution in [2.24, 2.45) is 5.92 Å². The molecule has 1 aliphatic heterocycles. The third-order valence-corrected chi connectivity index (χ3v) is 5.47. The summed E-state index contributed by atoms with van der Waals surface area (Å²) in [6.07, 6.45) is 2.60. The van der Waals surface area contributed by atoms with Crippen LogP contribution < -0.4 is 5.32 Å². The molecule has 2 amide bonds. The lowest BCUT2D eigenvalue weighted by molar-refractivity contribution is -0.142. The molecule has 1 saturated carbocycles. The number of rotatable bonds is 4. The van der Waals surface area contributed by atoms with E-state index < -0.39 is 6.04 Å². The first kappa shape index (κ1) is 17.7. The number of halogens is 1. The summed E-state index contributed by atoms with van der Waals surface area (Å²) in [6, 6.07) is 13.1. The summed E-state index contributed by atoms with van der Waals surface area (Å²) in [4.78, 5) is 27.7. The Balaban J connectivity index is 1.59. The van der Waals surface area contributed by atoms with E-state index in [0.29, 0.717) is 6.54 Å². The largest absolute Gasteiger partial charge is 0.347 e. The first-order valence-corrected chi connectivity index (χ1v) is 9.48. The average molecular weight is 366 g/mol. The van der Waals surface area contributed by atoms with Gasteiger partial charge < -0.3 is 10.2 Å². The fourth-order valence-electron chi connectivity index (χ4n) is 3.78. The zero-order valence-electron chi connectivity index (χ0n) is 15.3. The molecule has 5 heteroatoms. The number of benzene rings is 2. The maximum atomic E-state index is 13.2. The van der Waals surface area contributed by atoms with Crippen molar-refractivity contribution in [3.05, 3.63) is 71.0 Å². The van der Waals surface area contributed by atoms with Crippen molar-refractivity contribution in [1.82, 2.24) is 10.2 Å². The van der Waals surface area contributed by atoms with Crippen LogP contribution in [0.5, 0.6) is 0 Å². The SMILES string of the molecule is C[C@@H](NC(=O)[C@@H]1c2ccccc2CCN1C(=O)C1CC1)c1ccc(F)cc1. The Kier molecular flexibility index (Phi) is 4.68. The highest BCUT2D eigenvalue weighted by atomic mass is 19.1. The predicted octanol–water partition coefficient (Wildman–Crippen LogP) is 3.54. The van der Waals surface area contributed by atoms with E-state index in [0.717, 1.165) is 36.0 Å². The minimum Gasteiger partial charge on any atom is -0.347 e. The van der Waals surface area contributed by atoms with Gasteiger partial charge in [0, 0.05) is 12.5 Å². The maximum Gasteiger partial charge on any atom is 0.247 e. The molecule has 2 aromatic carbocycles. The number of hydrogen-bond donors (Lipinski definition) is 1. The summed E-state index contributed by atoms with van der Waals surface area (Å²) in [6.45, 7) is 2.43. The van der Waals surface area contributed by atoms with Crippen LogP contribution in [-0.2, 0) is 16.0 Å². The molecule has 4 rings (SSSR count). The number of amides is 2. The van der Waals surface area contributed by atoms with Gasteiger partial charge in [0.2, 0.25) is 11.8 Å². The highest BCUT2D eigenvalue weighted by Crippen LogP contribution is 2.37. The molecular formula is C22H23FN2O2. The first-order chi connectivity index (χ1) is 13.0. The van der Waals surface area contributed by atoms with Crippen molar-refractivity contribution >= 4 is 11.8 Å².